The molecule has 1 fully saturated rings. The zero-order valence-corrected chi connectivity index (χ0v) is 21.8. The summed E-state index contributed by atoms with van der Waals surface area (Å²) in [6, 6.07) is 10.1. The Morgan fingerprint density at radius 2 is 1.95 bits per heavy atom. The summed E-state index contributed by atoms with van der Waals surface area (Å²) in [5, 5.41) is 0.264. The van der Waals surface area contributed by atoms with Gasteiger partial charge in [-0.15, -0.1) is 0 Å². The van der Waals surface area contributed by atoms with E-state index < -0.39 is 23.5 Å². The zero-order valence-electron chi connectivity index (χ0n) is 21.8. The Kier molecular flexibility index (Phi) is 7.21. The van der Waals surface area contributed by atoms with Gasteiger partial charge in [0.15, 0.2) is 5.82 Å². The molecule has 9 heteroatoms. The highest BCUT2D eigenvalue weighted by molar-refractivity contribution is 5.93. The summed E-state index contributed by atoms with van der Waals surface area (Å²) in [4.78, 5) is 21.2. The van der Waals surface area contributed by atoms with Gasteiger partial charge in [-0.1, -0.05) is 24.0 Å². The van der Waals surface area contributed by atoms with Crippen molar-refractivity contribution in [2.75, 3.05) is 31.1 Å². The first-order valence-corrected chi connectivity index (χ1v) is 12.9. The number of alkyl halides is 2. The summed E-state index contributed by atoms with van der Waals surface area (Å²) in [6.07, 6.45) is -0.819. The van der Waals surface area contributed by atoms with Crippen LogP contribution in [0.4, 0.5) is 24.7 Å². The van der Waals surface area contributed by atoms with Crippen molar-refractivity contribution in [1.29, 1.82) is 0 Å². The smallest absolute Gasteiger partial charge is 0.350 e. The number of hydrogen-bond acceptors (Lipinski definition) is 5. The van der Waals surface area contributed by atoms with Crippen molar-refractivity contribution in [2.24, 2.45) is 0 Å². The second-order valence-corrected chi connectivity index (χ2v) is 10.7. The number of benzene rings is 2. The number of hydrogen-bond donors (Lipinski definition) is 0. The second-order valence-electron chi connectivity index (χ2n) is 10.7. The average molecular weight is 525 g/mol. The standard InChI is InChI=1S/C29H31F3N4O2/c1-29(2,3)36-24-11-5-9-22(30)26(24)27(33-28(36)37)35-15-16-38-18-21-19(7-4-10-23(21)35)12-13-20-8-6-14-34(20)17-25(31)32/h4-5,7,9-11,20,25H,6,8,14-18H2,1-3H3. The number of halogens is 3. The molecule has 38 heavy (non-hydrogen) atoms. The molecule has 1 saturated heterocycles. The van der Waals surface area contributed by atoms with Crippen LogP contribution in [0.25, 0.3) is 10.9 Å². The van der Waals surface area contributed by atoms with Crippen LogP contribution in [0, 0.1) is 17.7 Å². The van der Waals surface area contributed by atoms with Gasteiger partial charge in [0.05, 0.1) is 36.7 Å². The van der Waals surface area contributed by atoms with Crippen LogP contribution < -0.4 is 10.6 Å². The van der Waals surface area contributed by atoms with E-state index in [1.54, 1.807) is 17.0 Å². The second kappa shape index (κ2) is 10.4. The molecule has 2 aromatic carbocycles. The molecule has 2 aliphatic heterocycles. The van der Waals surface area contributed by atoms with E-state index in [-0.39, 0.29) is 30.4 Å². The molecule has 0 radical (unpaired) electrons. The van der Waals surface area contributed by atoms with Crippen LogP contribution in [0.15, 0.2) is 41.2 Å². The largest absolute Gasteiger partial charge is 0.375 e. The molecule has 0 spiro atoms. The molecule has 5 rings (SSSR count). The van der Waals surface area contributed by atoms with Crippen LogP contribution in [0.5, 0.6) is 0 Å². The third kappa shape index (κ3) is 5.03. The lowest BCUT2D eigenvalue weighted by atomic mass is 10.0. The summed E-state index contributed by atoms with van der Waals surface area (Å²) >= 11 is 0. The molecule has 2 aliphatic rings. The van der Waals surface area contributed by atoms with Crippen LogP contribution in [0.3, 0.4) is 0 Å². The fourth-order valence-electron chi connectivity index (χ4n) is 5.38. The van der Waals surface area contributed by atoms with Crippen LogP contribution in [0.1, 0.15) is 44.7 Å². The highest BCUT2D eigenvalue weighted by Gasteiger charge is 2.28. The molecule has 3 heterocycles. The first kappa shape index (κ1) is 26.3. The van der Waals surface area contributed by atoms with E-state index in [4.69, 9.17) is 4.74 Å². The van der Waals surface area contributed by atoms with Crippen molar-refractivity contribution >= 4 is 22.4 Å². The maximum atomic E-state index is 15.4. The maximum absolute atomic E-state index is 15.4. The van der Waals surface area contributed by atoms with Crippen LogP contribution in [0.2, 0.25) is 0 Å². The van der Waals surface area contributed by atoms with Crippen molar-refractivity contribution in [3.8, 4) is 11.8 Å². The van der Waals surface area contributed by atoms with Gasteiger partial charge in [-0.3, -0.25) is 9.47 Å². The Labute approximate surface area is 220 Å². The van der Waals surface area contributed by atoms with Gasteiger partial charge in [0.1, 0.15) is 5.82 Å². The SMILES string of the molecule is CC(C)(C)n1c(=O)nc(N2CCOCc3c(C#CC4CCCN4CC(F)F)cccc32)c2c(F)cccc21. The summed E-state index contributed by atoms with van der Waals surface area (Å²) in [5.74, 6) is 6.16. The third-order valence-corrected chi connectivity index (χ3v) is 7.03. The van der Waals surface area contributed by atoms with Crippen LogP contribution in [-0.2, 0) is 16.9 Å². The Morgan fingerprint density at radius 3 is 2.71 bits per heavy atom. The highest BCUT2D eigenvalue weighted by Crippen LogP contribution is 2.36. The molecular weight excluding hydrogens is 493 g/mol. The molecule has 3 aromatic rings. The third-order valence-electron chi connectivity index (χ3n) is 7.03. The molecule has 1 aromatic heterocycles. The summed E-state index contributed by atoms with van der Waals surface area (Å²) < 4.78 is 48.8. The minimum absolute atomic E-state index is 0.229. The maximum Gasteiger partial charge on any atom is 0.350 e. The number of ether oxygens (including phenoxy) is 1. The van der Waals surface area contributed by atoms with E-state index in [0.29, 0.717) is 30.8 Å². The fraction of sp³-hybridized carbons (Fsp3) is 0.448. The summed E-state index contributed by atoms with van der Waals surface area (Å²) in [6.45, 7) is 6.95. The lowest BCUT2D eigenvalue weighted by molar-refractivity contribution is 0.0913. The van der Waals surface area contributed by atoms with E-state index in [1.807, 2.05) is 43.9 Å². The van der Waals surface area contributed by atoms with Crippen molar-refractivity contribution in [2.45, 2.75) is 58.2 Å². The fourth-order valence-corrected chi connectivity index (χ4v) is 5.38. The predicted molar refractivity (Wildman–Crippen MR) is 142 cm³/mol. The number of aromatic nitrogens is 2. The van der Waals surface area contributed by atoms with Crippen molar-refractivity contribution < 1.29 is 17.9 Å². The number of rotatable bonds is 3. The molecule has 0 N–H and O–H groups in total. The van der Waals surface area contributed by atoms with E-state index in [0.717, 1.165) is 24.1 Å². The van der Waals surface area contributed by atoms with Gasteiger partial charge in [0, 0.05) is 28.9 Å². The predicted octanol–water partition coefficient (Wildman–Crippen LogP) is 5.04. The lowest BCUT2D eigenvalue weighted by Gasteiger charge is -2.29. The molecule has 200 valence electrons. The van der Waals surface area contributed by atoms with E-state index in [2.05, 4.69) is 16.8 Å². The topological polar surface area (TPSA) is 50.6 Å². The normalized spacial score (nSPS) is 18.4. The van der Waals surface area contributed by atoms with Gasteiger partial charge < -0.3 is 9.64 Å². The van der Waals surface area contributed by atoms with Crippen LogP contribution in [-0.4, -0.2) is 53.2 Å². The van der Waals surface area contributed by atoms with Crippen molar-refractivity contribution in [3.05, 3.63) is 63.8 Å². The van der Waals surface area contributed by atoms with Gasteiger partial charge in [0.25, 0.3) is 6.43 Å². The van der Waals surface area contributed by atoms with Gasteiger partial charge in [-0.2, -0.15) is 4.98 Å². The molecule has 0 saturated carbocycles. The lowest BCUT2D eigenvalue weighted by Crippen LogP contribution is -2.37. The monoisotopic (exact) mass is 524 g/mol. The first-order chi connectivity index (χ1) is 18.1. The molecule has 6 nitrogen and oxygen atoms in total. The molecular formula is C29H31F3N4O2. The van der Waals surface area contributed by atoms with E-state index >= 15 is 4.39 Å². The number of anilines is 2. The first-order valence-electron chi connectivity index (χ1n) is 12.9. The van der Waals surface area contributed by atoms with Crippen LogP contribution >= 0.6 is 0 Å². The van der Waals surface area contributed by atoms with Crippen molar-refractivity contribution in [1.82, 2.24) is 14.5 Å². The Hall–Kier alpha value is -3.35. The molecule has 1 atom stereocenters. The minimum atomic E-state index is -2.40. The number of fused-ring (bicyclic) bond motifs is 2. The highest BCUT2D eigenvalue weighted by atomic mass is 19.3. The zero-order chi connectivity index (χ0) is 27.0. The summed E-state index contributed by atoms with van der Waals surface area (Å²) in [7, 11) is 0. The van der Waals surface area contributed by atoms with Gasteiger partial charge in [-0.05, 0) is 64.4 Å². The van der Waals surface area contributed by atoms with Gasteiger partial charge in [-0.25, -0.2) is 18.0 Å². The van der Waals surface area contributed by atoms with E-state index in [1.165, 1.54) is 10.6 Å². The summed E-state index contributed by atoms with van der Waals surface area (Å²) in [5.41, 5.74) is 1.64. The molecule has 1 unspecified atom stereocenters. The number of likely N-dealkylation sites (tertiary alicyclic amines) is 1. The van der Waals surface area contributed by atoms with Gasteiger partial charge in [0.2, 0.25) is 0 Å². The number of nitrogens with zero attached hydrogens (tertiary/aromatic N) is 4. The Balaban J connectivity index is 1.62. The average Bonchev–Trinajstić information content (AvgIpc) is 3.15. The van der Waals surface area contributed by atoms with Gasteiger partial charge >= 0.3 is 5.69 Å². The van der Waals surface area contributed by atoms with Crippen molar-refractivity contribution in [3.63, 3.8) is 0 Å². The molecule has 0 amide bonds. The minimum Gasteiger partial charge on any atom is -0.375 e. The Morgan fingerprint density at radius 1 is 1.16 bits per heavy atom. The molecule has 0 aliphatic carbocycles. The quantitative estimate of drug-likeness (QED) is 0.450. The molecule has 0 bridgehead atoms. The van der Waals surface area contributed by atoms with E-state index in [9.17, 15) is 13.6 Å². The Bertz CT molecular complexity index is 1470.